The largest absolute Gasteiger partial charge is 0.349 e. The second kappa shape index (κ2) is 7.58. The smallest absolute Gasteiger partial charge is 0.233 e. The van der Waals surface area contributed by atoms with Crippen LogP contribution in [-0.4, -0.2) is 11.8 Å². The van der Waals surface area contributed by atoms with Crippen molar-refractivity contribution >= 4 is 17.5 Å². The lowest BCUT2D eigenvalue weighted by Gasteiger charge is -2.14. The Balaban J connectivity index is 1.87. The molecule has 0 saturated carbocycles. The van der Waals surface area contributed by atoms with E-state index in [0.29, 0.717) is 5.69 Å². The van der Waals surface area contributed by atoms with E-state index < -0.39 is 0 Å². The second-order valence-corrected chi connectivity index (χ2v) is 5.72. The summed E-state index contributed by atoms with van der Waals surface area (Å²) in [4.78, 5) is 23.9. The molecule has 2 aromatic carbocycles. The molecule has 4 heteroatoms. The highest BCUT2D eigenvalue weighted by Gasteiger charge is 2.13. The third kappa shape index (κ3) is 4.95. The first-order valence-corrected chi connectivity index (χ1v) is 7.67. The first-order valence-electron chi connectivity index (χ1n) is 7.67. The van der Waals surface area contributed by atoms with Gasteiger partial charge in [-0.05, 0) is 49.6 Å². The number of carbonyl (C=O) groups excluding carboxylic acids is 2. The summed E-state index contributed by atoms with van der Waals surface area (Å²) in [6.07, 6.45) is -0.190. The van der Waals surface area contributed by atoms with Gasteiger partial charge in [-0.25, -0.2) is 0 Å². The molecule has 120 valence electrons. The van der Waals surface area contributed by atoms with E-state index in [0.717, 1.165) is 16.7 Å². The first kappa shape index (κ1) is 16.7. The van der Waals surface area contributed by atoms with Crippen molar-refractivity contribution in [1.82, 2.24) is 5.32 Å². The van der Waals surface area contributed by atoms with Crippen molar-refractivity contribution in [3.63, 3.8) is 0 Å². The minimum atomic E-state index is -0.314. The Kier molecular flexibility index (Phi) is 5.52. The summed E-state index contributed by atoms with van der Waals surface area (Å²) in [5.74, 6) is -0.603. The molecule has 0 bridgehead atoms. The number of rotatable bonds is 5. The zero-order valence-electron chi connectivity index (χ0n) is 13.7. The van der Waals surface area contributed by atoms with Crippen molar-refractivity contribution in [1.29, 1.82) is 0 Å². The Morgan fingerprint density at radius 1 is 0.957 bits per heavy atom. The second-order valence-electron chi connectivity index (χ2n) is 5.72. The van der Waals surface area contributed by atoms with Gasteiger partial charge in [0, 0.05) is 5.69 Å². The van der Waals surface area contributed by atoms with E-state index in [2.05, 4.69) is 10.6 Å². The Bertz CT molecular complexity index is 696. The number of hydrogen-bond donors (Lipinski definition) is 2. The van der Waals surface area contributed by atoms with Gasteiger partial charge in [-0.1, -0.05) is 36.4 Å². The molecule has 1 unspecified atom stereocenters. The Labute approximate surface area is 136 Å². The third-order valence-electron chi connectivity index (χ3n) is 3.79. The molecule has 0 saturated heterocycles. The van der Waals surface area contributed by atoms with Crippen LogP contribution >= 0.6 is 0 Å². The molecule has 0 aliphatic carbocycles. The molecule has 0 aliphatic rings. The molecule has 0 aromatic heterocycles. The van der Waals surface area contributed by atoms with Gasteiger partial charge in [-0.3, -0.25) is 9.59 Å². The van der Waals surface area contributed by atoms with Gasteiger partial charge in [0.25, 0.3) is 0 Å². The van der Waals surface area contributed by atoms with Crippen LogP contribution in [0.15, 0.2) is 48.5 Å². The number of anilines is 1. The molecule has 23 heavy (non-hydrogen) atoms. The van der Waals surface area contributed by atoms with E-state index in [9.17, 15) is 9.59 Å². The van der Waals surface area contributed by atoms with Crippen molar-refractivity contribution in [2.75, 3.05) is 5.32 Å². The summed E-state index contributed by atoms with van der Waals surface area (Å²) >= 11 is 0. The summed E-state index contributed by atoms with van der Waals surface area (Å²) < 4.78 is 0. The molecule has 2 aromatic rings. The van der Waals surface area contributed by atoms with E-state index >= 15 is 0 Å². The number of benzene rings is 2. The van der Waals surface area contributed by atoms with E-state index in [1.165, 1.54) is 0 Å². The average molecular weight is 310 g/mol. The minimum absolute atomic E-state index is 0.127. The molecule has 2 rings (SSSR count). The normalized spacial score (nSPS) is 11.6. The van der Waals surface area contributed by atoms with E-state index in [4.69, 9.17) is 0 Å². The Hall–Kier alpha value is -2.62. The molecule has 0 aliphatic heterocycles. The predicted octanol–water partition coefficient (Wildman–Crippen LogP) is 3.51. The van der Waals surface area contributed by atoms with Crippen LogP contribution in [0.4, 0.5) is 5.69 Å². The summed E-state index contributed by atoms with van der Waals surface area (Å²) in [5, 5.41) is 5.59. The first-order chi connectivity index (χ1) is 11.0. The SMILES string of the molecule is Cc1ccc(NC(=O)CC(=O)NC(C)c2ccccc2)cc1C. The summed E-state index contributed by atoms with van der Waals surface area (Å²) in [5.41, 5.74) is 3.99. The molecule has 2 amide bonds. The minimum Gasteiger partial charge on any atom is -0.349 e. The molecule has 0 radical (unpaired) electrons. The topological polar surface area (TPSA) is 58.2 Å². The summed E-state index contributed by atoms with van der Waals surface area (Å²) in [7, 11) is 0. The lowest BCUT2D eigenvalue weighted by molar-refractivity contribution is -0.127. The quantitative estimate of drug-likeness (QED) is 0.830. The maximum Gasteiger partial charge on any atom is 0.233 e. The van der Waals surface area contributed by atoms with E-state index in [-0.39, 0.29) is 24.3 Å². The molecular weight excluding hydrogens is 288 g/mol. The average Bonchev–Trinajstić information content (AvgIpc) is 2.51. The zero-order valence-corrected chi connectivity index (χ0v) is 13.7. The standard InChI is InChI=1S/C19H22N2O2/c1-13-9-10-17(11-14(13)2)21-19(23)12-18(22)20-15(3)16-7-5-4-6-8-16/h4-11,15H,12H2,1-3H3,(H,20,22)(H,21,23). The van der Waals surface area contributed by atoms with E-state index in [1.54, 1.807) is 0 Å². The molecule has 1 atom stereocenters. The van der Waals surface area contributed by atoms with Crippen molar-refractivity contribution in [2.24, 2.45) is 0 Å². The summed E-state index contributed by atoms with van der Waals surface area (Å²) in [6.45, 7) is 5.90. The van der Waals surface area contributed by atoms with Crippen LogP contribution in [0.2, 0.25) is 0 Å². The lowest BCUT2D eigenvalue weighted by atomic mass is 10.1. The summed E-state index contributed by atoms with van der Waals surface area (Å²) in [6, 6.07) is 15.2. The molecule has 4 nitrogen and oxygen atoms in total. The van der Waals surface area contributed by atoms with Crippen molar-refractivity contribution in [2.45, 2.75) is 33.2 Å². The molecule has 0 spiro atoms. The zero-order chi connectivity index (χ0) is 16.8. The highest BCUT2D eigenvalue weighted by Crippen LogP contribution is 2.15. The fourth-order valence-corrected chi connectivity index (χ4v) is 2.29. The van der Waals surface area contributed by atoms with Crippen LogP contribution in [-0.2, 0) is 9.59 Å². The van der Waals surface area contributed by atoms with Gasteiger partial charge < -0.3 is 10.6 Å². The highest BCUT2D eigenvalue weighted by molar-refractivity contribution is 6.03. The van der Waals surface area contributed by atoms with Crippen LogP contribution in [0.1, 0.15) is 36.1 Å². The lowest BCUT2D eigenvalue weighted by Crippen LogP contribution is -2.30. The maximum absolute atomic E-state index is 12.0. The maximum atomic E-state index is 12.0. The molecular formula is C19H22N2O2. The number of amides is 2. The Morgan fingerprint density at radius 2 is 1.65 bits per heavy atom. The number of hydrogen-bond acceptors (Lipinski definition) is 2. The van der Waals surface area contributed by atoms with Gasteiger partial charge in [-0.15, -0.1) is 0 Å². The monoisotopic (exact) mass is 310 g/mol. The van der Waals surface area contributed by atoms with Crippen LogP contribution in [0.3, 0.4) is 0 Å². The fraction of sp³-hybridized carbons (Fsp3) is 0.263. The van der Waals surface area contributed by atoms with Crippen molar-refractivity contribution < 1.29 is 9.59 Å². The van der Waals surface area contributed by atoms with Crippen LogP contribution in [0, 0.1) is 13.8 Å². The van der Waals surface area contributed by atoms with Gasteiger partial charge in [0.15, 0.2) is 0 Å². The van der Waals surface area contributed by atoms with Gasteiger partial charge in [0.1, 0.15) is 6.42 Å². The third-order valence-corrected chi connectivity index (χ3v) is 3.79. The number of carbonyl (C=O) groups is 2. The molecule has 0 heterocycles. The molecule has 2 N–H and O–H groups in total. The van der Waals surface area contributed by atoms with Crippen LogP contribution < -0.4 is 10.6 Å². The van der Waals surface area contributed by atoms with Gasteiger partial charge >= 0.3 is 0 Å². The van der Waals surface area contributed by atoms with E-state index in [1.807, 2.05) is 69.3 Å². The van der Waals surface area contributed by atoms with Crippen LogP contribution in [0.25, 0.3) is 0 Å². The Morgan fingerprint density at radius 3 is 2.30 bits per heavy atom. The van der Waals surface area contributed by atoms with Gasteiger partial charge in [-0.2, -0.15) is 0 Å². The number of nitrogens with one attached hydrogen (secondary N) is 2. The van der Waals surface area contributed by atoms with Crippen LogP contribution in [0.5, 0.6) is 0 Å². The van der Waals surface area contributed by atoms with Gasteiger partial charge in [0.2, 0.25) is 11.8 Å². The molecule has 0 fully saturated rings. The number of aryl methyl sites for hydroxylation is 2. The van der Waals surface area contributed by atoms with Crippen molar-refractivity contribution in [3.05, 3.63) is 65.2 Å². The van der Waals surface area contributed by atoms with Gasteiger partial charge in [0.05, 0.1) is 6.04 Å². The van der Waals surface area contributed by atoms with Crippen molar-refractivity contribution in [3.8, 4) is 0 Å². The fourth-order valence-electron chi connectivity index (χ4n) is 2.29. The predicted molar refractivity (Wildman–Crippen MR) is 92.2 cm³/mol. The highest BCUT2D eigenvalue weighted by atomic mass is 16.2.